The summed E-state index contributed by atoms with van der Waals surface area (Å²) in [6, 6.07) is 11.9. The summed E-state index contributed by atoms with van der Waals surface area (Å²) < 4.78 is 5.73. The molecule has 0 aliphatic carbocycles. The zero-order valence-corrected chi connectivity index (χ0v) is 11.3. The van der Waals surface area contributed by atoms with Crippen LogP contribution in [-0.4, -0.2) is 4.98 Å². The van der Waals surface area contributed by atoms with Crippen LogP contribution in [0.15, 0.2) is 42.6 Å². The molecule has 0 fully saturated rings. The zero-order valence-electron chi connectivity index (χ0n) is 11.3. The molecule has 1 aromatic heterocycles. The molecule has 0 radical (unpaired) electrons. The standard InChI is InChI=1S/C15H19N3O/c1-11(2)12-5-7-14(8-6-12)19-10-13-4-3-9-17-15(13)18-16/h3-9,11H,10,16H2,1-2H3,(H,17,18). The van der Waals surface area contributed by atoms with E-state index in [4.69, 9.17) is 10.6 Å². The number of nitrogens with zero attached hydrogens (tertiary/aromatic N) is 1. The number of pyridine rings is 1. The first-order valence-corrected chi connectivity index (χ1v) is 6.34. The molecule has 2 aromatic rings. The minimum Gasteiger partial charge on any atom is -0.489 e. The second-order valence-corrected chi connectivity index (χ2v) is 4.67. The van der Waals surface area contributed by atoms with Crippen molar-refractivity contribution >= 4 is 5.82 Å². The van der Waals surface area contributed by atoms with E-state index in [2.05, 4.69) is 36.4 Å². The van der Waals surface area contributed by atoms with Crippen LogP contribution in [0.2, 0.25) is 0 Å². The molecule has 0 saturated carbocycles. The van der Waals surface area contributed by atoms with Crippen molar-refractivity contribution in [2.45, 2.75) is 26.4 Å². The Morgan fingerprint density at radius 1 is 1.21 bits per heavy atom. The number of nitrogens with two attached hydrogens (primary N) is 1. The number of rotatable bonds is 5. The van der Waals surface area contributed by atoms with Gasteiger partial charge in [0, 0.05) is 11.8 Å². The molecular weight excluding hydrogens is 238 g/mol. The lowest BCUT2D eigenvalue weighted by Crippen LogP contribution is -2.12. The molecule has 1 aromatic carbocycles. The monoisotopic (exact) mass is 257 g/mol. The van der Waals surface area contributed by atoms with E-state index in [-0.39, 0.29) is 0 Å². The summed E-state index contributed by atoms with van der Waals surface area (Å²) in [5, 5.41) is 0. The van der Waals surface area contributed by atoms with E-state index in [1.807, 2.05) is 24.3 Å². The van der Waals surface area contributed by atoms with Crippen LogP contribution in [-0.2, 0) is 6.61 Å². The molecule has 100 valence electrons. The first-order chi connectivity index (χ1) is 9.20. The highest BCUT2D eigenvalue weighted by molar-refractivity contribution is 5.42. The lowest BCUT2D eigenvalue weighted by atomic mass is 10.0. The Bertz CT molecular complexity index is 523. The third-order valence-corrected chi connectivity index (χ3v) is 2.97. The number of hydrazine groups is 1. The maximum atomic E-state index is 5.73. The minimum atomic E-state index is 0.439. The highest BCUT2D eigenvalue weighted by Crippen LogP contribution is 2.20. The molecule has 4 nitrogen and oxygen atoms in total. The molecule has 0 spiro atoms. The van der Waals surface area contributed by atoms with Gasteiger partial charge in [0.1, 0.15) is 18.2 Å². The van der Waals surface area contributed by atoms with Gasteiger partial charge in [-0.1, -0.05) is 32.0 Å². The molecule has 3 N–H and O–H groups in total. The first-order valence-electron chi connectivity index (χ1n) is 6.34. The average molecular weight is 257 g/mol. The van der Waals surface area contributed by atoms with Gasteiger partial charge in [0.05, 0.1) is 0 Å². The molecule has 1 heterocycles. The van der Waals surface area contributed by atoms with E-state index in [9.17, 15) is 0 Å². The molecule has 0 bridgehead atoms. The van der Waals surface area contributed by atoms with Gasteiger partial charge in [-0.3, -0.25) is 0 Å². The first kappa shape index (κ1) is 13.4. The predicted molar refractivity (Wildman–Crippen MR) is 76.9 cm³/mol. The summed E-state index contributed by atoms with van der Waals surface area (Å²) in [6.07, 6.45) is 1.69. The van der Waals surface area contributed by atoms with Crippen LogP contribution in [0.25, 0.3) is 0 Å². The third kappa shape index (κ3) is 3.45. The van der Waals surface area contributed by atoms with E-state index in [0.29, 0.717) is 18.3 Å². The zero-order chi connectivity index (χ0) is 13.7. The summed E-state index contributed by atoms with van der Waals surface area (Å²) in [6.45, 7) is 4.78. The second-order valence-electron chi connectivity index (χ2n) is 4.67. The number of anilines is 1. The Morgan fingerprint density at radius 3 is 2.58 bits per heavy atom. The van der Waals surface area contributed by atoms with Crippen molar-refractivity contribution in [3.63, 3.8) is 0 Å². The number of nitrogen functional groups attached to an aromatic ring is 1. The average Bonchev–Trinajstić information content (AvgIpc) is 2.45. The topological polar surface area (TPSA) is 60.2 Å². The van der Waals surface area contributed by atoms with Gasteiger partial charge in [0.15, 0.2) is 0 Å². The fourth-order valence-corrected chi connectivity index (χ4v) is 1.80. The molecule has 0 aliphatic rings. The molecular formula is C15H19N3O. The molecule has 0 saturated heterocycles. The number of nitrogens with one attached hydrogen (secondary N) is 1. The minimum absolute atomic E-state index is 0.439. The largest absolute Gasteiger partial charge is 0.489 e. The van der Waals surface area contributed by atoms with Gasteiger partial charge < -0.3 is 10.2 Å². The lowest BCUT2D eigenvalue weighted by molar-refractivity contribution is 0.306. The van der Waals surface area contributed by atoms with Crippen LogP contribution in [0, 0.1) is 0 Å². The fraction of sp³-hybridized carbons (Fsp3) is 0.267. The van der Waals surface area contributed by atoms with Crippen LogP contribution in [0.3, 0.4) is 0 Å². The van der Waals surface area contributed by atoms with Crippen LogP contribution in [0.4, 0.5) is 5.82 Å². The predicted octanol–water partition coefficient (Wildman–Crippen LogP) is 3.07. The Kier molecular flexibility index (Phi) is 4.36. The van der Waals surface area contributed by atoms with Crippen molar-refractivity contribution < 1.29 is 4.74 Å². The van der Waals surface area contributed by atoms with Crippen LogP contribution >= 0.6 is 0 Å². The highest BCUT2D eigenvalue weighted by Gasteiger charge is 2.03. The Labute approximate surface area is 113 Å². The van der Waals surface area contributed by atoms with Crippen molar-refractivity contribution in [2.75, 3.05) is 5.43 Å². The SMILES string of the molecule is CC(C)c1ccc(OCc2cccnc2NN)cc1. The van der Waals surface area contributed by atoms with Crippen LogP contribution < -0.4 is 16.0 Å². The maximum Gasteiger partial charge on any atom is 0.146 e. The summed E-state index contributed by atoms with van der Waals surface area (Å²) in [7, 11) is 0. The molecule has 0 atom stereocenters. The van der Waals surface area contributed by atoms with Gasteiger partial charge in [-0.2, -0.15) is 0 Å². The van der Waals surface area contributed by atoms with Crippen molar-refractivity contribution in [2.24, 2.45) is 5.84 Å². The normalized spacial score (nSPS) is 10.5. The van der Waals surface area contributed by atoms with Gasteiger partial charge in [-0.15, -0.1) is 0 Å². The number of hydrogen-bond acceptors (Lipinski definition) is 4. The maximum absolute atomic E-state index is 5.73. The molecule has 0 unspecified atom stereocenters. The van der Waals surface area contributed by atoms with Gasteiger partial charge in [0.25, 0.3) is 0 Å². The Morgan fingerprint density at radius 2 is 1.95 bits per heavy atom. The van der Waals surface area contributed by atoms with Crippen molar-refractivity contribution in [3.8, 4) is 5.75 Å². The van der Waals surface area contributed by atoms with Gasteiger partial charge >= 0.3 is 0 Å². The third-order valence-electron chi connectivity index (χ3n) is 2.97. The van der Waals surface area contributed by atoms with Gasteiger partial charge in [-0.05, 0) is 29.7 Å². The van der Waals surface area contributed by atoms with Gasteiger partial charge in [0.2, 0.25) is 0 Å². The summed E-state index contributed by atoms with van der Waals surface area (Å²) in [5.41, 5.74) is 4.80. The molecule has 0 amide bonds. The Hall–Kier alpha value is -2.07. The van der Waals surface area contributed by atoms with Crippen LogP contribution in [0.5, 0.6) is 5.75 Å². The number of hydrogen-bond donors (Lipinski definition) is 2. The highest BCUT2D eigenvalue weighted by atomic mass is 16.5. The smallest absolute Gasteiger partial charge is 0.146 e. The number of benzene rings is 1. The van der Waals surface area contributed by atoms with E-state index >= 15 is 0 Å². The summed E-state index contributed by atoms with van der Waals surface area (Å²) in [4.78, 5) is 4.13. The van der Waals surface area contributed by atoms with E-state index in [1.165, 1.54) is 5.56 Å². The van der Waals surface area contributed by atoms with E-state index in [0.717, 1.165) is 11.3 Å². The molecule has 2 rings (SSSR count). The Balaban J connectivity index is 2.02. The fourth-order valence-electron chi connectivity index (χ4n) is 1.80. The van der Waals surface area contributed by atoms with Crippen LogP contribution in [0.1, 0.15) is 30.9 Å². The molecule has 19 heavy (non-hydrogen) atoms. The second kappa shape index (κ2) is 6.20. The van der Waals surface area contributed by atoms with Crippen molar-refractivity contribution in [1.82, 2.24) is 4.98 Å². The van der Waals surface area contributed by atoms with Gasteiger partial charge in [-0.25, -0.2) is 10.8 Å². The summed E-state index contributed by atoms with van der Waals surface area (Å²) >= 11 is 0. The van der Waals surface area contributed by atoms with Crippen molar-refractivity contribution in [3.05, 3.63) is 53.7 Å². The number of aromatic nitrogens is 1. The molecule has 0 aliphatic heterocycles. The lowest BCUT2D eigenvalue weighted by Gasteiger charge is -2.11. The summed E-state index contributed by atoms with van der Waals surface area (Å²) in [5.74, 6) is 7.42. The molecule has 4 heteroatoms. The van der Waals surface area contributed by atoms with E-state index in [1.54, 1.807) is 6.20 Å². The van der Waals surface area contributed by atoms with E-state index < -0.39 is 0 Å². The number of ether oxygens (including phenoxy) is 1. The van der Waals surface area contributed by atoms with Crippen molar-refractivity contribution in [1.29, 1.82) is 0 Å². The quantitative estimate of drug-likeness (QED) is 0.638.